The van der Waals surface area contributed by atoms with Crippen molar-refractivity contribution in [2.24, 2.45) is 0 Å². The third-order valence-electron chi connectivity index (χ3n) is 6.04. The van der Waals surface area contributed by atoms with Crippen LogP contribution in [0.3, 0.4) is 0 Å². The monoisotopic (exact) mass is 371 g/mol. The number of hydrogen-bond donors (Lipinski definition) is 2. The van der Waals surface area contributed by atoms with Crippen LogP contribution >= 0.6 is 0 Å². The van der Waals surface area contributed by atoms with Crippen LogP contribution in [-0.4, -0.2) is 17.7 Å². The lowest BCUT2D eigenvalue weighted by Crippen LogP contribution is -2.33. The highest BCUT2D eigenvalue weighted by Gasteiger charge is 2.23. The Hall–Kier alpha value is -2.42. The number of fused-ring (bicyclic) bond motifs is 2. The Morgan fingerprint density at radius 3 is 1.96 bits per heavy atom. The van der Waals surface area contributed by atoms with Gasteiger partial charge in [0.25, 0.3) is 0 Å². The second kappa shape index (κ2) is 8.72. The maximum Gasteiger partial charge on any atom is 0.0940 e. The molecule has 1 aliphatic carbocycles. The van der Waals surface area contributed by atoms with Crippen LogP contribution in [-0.2, 0) is 12.8 Å². The highest BCUT2D eigenvalue weighted by Crippen LogP contribution is 2.36. The summed E-state index contributed by atoms with van der Waals surface area (Å²) in [7, 11) is 0. The quantitative estimate of drug-likeness (QED) is 0.638. The Balaban J connectivity index is 1.48. The fourth-order valence-corrected chi connectivity index (χ4v) is 4.46. The highest BCUT2D eigenvalue weighted by atomic mass is 16.3. The van der Waals surface area contributed by atoms with Gasteiger partial charge in [0, 0.05) is 12.0 Å². The molecule has 0 saturated heterocycles. The predicted molar refractivity (Wildman–Crippen MR) is 116 cm³/mol. The van der Waals surface area contributed by atoms with E-state index in [1.807, 2.05) is 30.3 Å². The van der Waals surface area contributed by atoms with Crippen molar-refractivity contribution < 1.29 is 5.11 Å². The first kappa shape index (κ1) is 18.9. The number of aryl methyl sites for hydroxylation is 2. The summed E-state index contributed by atoms with van der Waals surface area (Å²) in [5.41, 5.74) is 6.84. The van der Waals surface area contributed by atoms with Gasteiger partial charge in [-0.2, -0.15) is 0 Å². The molecule has 144 valence electrons. The van der Waals surface area contributed by atoms with E-state index in [0.717, 1.165) is 31.4 Å². The van der Waals surface area contributed by atoms with E-state index in [-0.39, 0.29) is 6.04 Å². The molecule has 0 amide bonds. The van der Waals surface area contributed by atoms with Gasteiger partial charge < -0.3 is 10.4 Å². The standard InChI is InChI=1S/C26H29NO/c1-19(26(28)22-11-3-2-4-12-22)27-18-17-25-23-13-7-5-9-20(23)15-16-21-10-6-8-14-24(21)25/h2-14,19,25-28H,15-18H2,1H3. The third kappa shape index (κ3) is 4.04. The summed E-state index contributed by atoms with van der Waals surface area (Å²) in [6.07, 6.45) is 2.76. The summed E-state index contributed by atoms with van der Waals surface area (Å²) in [6.45, 7) is 2.94. The zero-order valence-corrected chi connectivity index (χ0v) is 16.5. The summed E-state index contributed by atoms with van der Waals surface area (Å²) >= 11 is 0. The van der Waals surface area contributed by atoms with Crippen LogP contribution in [0.4, 0.5) is 0 Å². The molecule has 0 spiro atoms. The second-order valence-electron chi connectivity index (χ2n) is 7.84. The number of aliphatic hydroxyl groups is 1. The minimum Gasteiger partial charge on any atom is -0.387 e. The van der Waals surface area contributed by atoms with Crippen LogP contribution < -0.4 is 5.32 Å². The van der Waals surface area contributed by atoms with Crippen molar-refractivity contribution in [3.63, 3.8) is 0 Å². The first-order chi connectivity index (χ1) is 13.7. The summed E-state index contributed by atoms with van der Waals surface area (Å²) in [5.74, 6) is 0.406. The molecule has 0 saturated carbocycles. The van der Waals surface area contributed by atoms with Gasteiger partial charge in [0.2, 0.25) is 0 Å². The Morgan fingerprint density at radius 2 is 1.36 bits per heavy atom. The number of nitrogens with one attached hydrogen (secondary N) is 1. The van der Waals surface area contributed by atoms with Crippen LogP contribution in [0.2, 0.25) is 0 Å². The smallest absolute Gasteiger partial charge is 0.0940 e. The van der Waals surface area contributed by atoms with E-state index in [9.17, 15) is 5.11 Å². The van der Waals surface area contributed by atoms with E-state index in [1.165, 1.54) is 22.3 Å². The molecule has 28 heavy (non-hydrogen) atoms. The Morgan fingerprint density at radius 1 is 0.821 bits per heavy atom. The van der Waals surface area contributed by atoms with Gasteiger partial charge in [-0.25, -0.2) is 0 Å². The Bertz CT molecular complexity index is 858. The molecule has 0 heterocycles. The number of aliphatic hydroxyl groups excluding tert-OH is 1. The second-order valence-corrected chi connectivity index (χ2v) is 7.84. The zero-order chi connectivity index (χ0) is 19.3. The van der Waals surface area contributed by atoms with Crippen molar-refractivity contribution in [3.8, 4) is 0 Å². The van der Waals surface area contributed by atoms with E-state index >= 15 is 0 Å². The van der Waals surface area contributed by atoms with Gasteiger partial charge in [0.15, 0.2) is 0 Å². The van der Waals surface area contributed by atoms with Crippen LogP contribution in [0.15, 0.2) is 78.9 Å². The molecule has 2 atom stereocenters. The molecular formula is C26H29NO. The summed E-state index contributed by atoms with van der Waals surface area (Å²) in [5, 5.41) is 14.2. The minimum absolute atomic E-state index is 0.0127. The molecule has 0 bridgehead atoms. The molecule has 0 radical (unpaired) electrons. The van der Waals surface area contributed by atoms with Gasteiger partial charge >= 0.3 is 0 Å². The van der Waals surface area contributed by atoms with Crippen molar-refractivity contribution in [2.75, 3.05) is 6.54 Å². The van der Waals surface area contributed by atoms with E-state index in [0.29, 0.717) is 5.92 Å². The normalized spacial score (nSPS) is 15.9. The molecule has 0 aliphatic heterocycles. The lowest BCUT2D eigenvalue weighted by molar-refractivity contribution is 0.136. The third-order valence-corrected chi connectivity index (χ3v) is 6.04. The van der Waals surface area contributed by atoms with Crippen molar-refractivity contribution >= 4 is 0 Å². The number of rotatable bonds is 6. The Kier molecular flexibility index (Phi) is 5.90. The van der Waals surface area contributed by atoms with Crippen LogP contribution in [0.1, 0.15) is 53.2 Å². The maximum absolute atomic E-state index is 10.6. The zero-order valence-electron chi connectivity index (χ0n) is 16.5. The fraction of sp³-hybridized carbons (Fsp3) is 0.308. The molecule has 2 heteroatoms. The van der Waals surface area contributed by atoms with E-state index in [4.69, 9.17) is 0 Å². The molecule has 3 aromatic rings. The number of hydrogen-bond acceptors (Lipinski definition) is 2. The van der Waals surface area contributed by atoms with E-state index in [2.05, 4.69) is 60.8 Å². The summed E-state index contributed by atoms with van der Waals surface area (Å²) < 4.78 is 0. The minimum atomic E-state index is -0.491. The average molecular weight is 372 g/mol. The lowest BCUT2D eigenvalue weighted by Gasteiger charge is -2.24. The van der Waals surface area contributed by atoms with Crippen molar-refractivity contribution in [1.82, 2.24) is 5.32 Å². The Labute approximate surface area is 168 Å². The van der Waals surface area contributed by atoms with Crippen molar-refractivity contribution in [1.29, 1.82) is 0 Å². The van der Waals surface area contributed by atoms with Gasteiger partial charge in [0.1, 0.15) is 0 Å². The summed E-state index contributed by atoms with van der Waals surface area (Å²) in [4.78, 5) is 0. The van der Waals surface area contributed by atoms with Gasteiger partial charge in [-0.05, 0) is 60.5 Å². The maximum atomic E-state index is 10.6. The predicted octanol–water partition coefficient (Wildman–Crippen LogP) is 5.02. The number of benzene rings is 3. The first-order valence-corrected chi connectivity index (χ1v) is 10.4. The van der Waals surface area contributed by atoms with E-state index in [1.54, 1.807) is 0 Å². The molecule has 2 N–H and O–H groups in total. The van der Waals surface area contributed by atoms with Crippen molar-refractivity contribution in [2.45, 2.75) is 44.2 Å². The molecule has 0 fully saturated rings. The van der Waals surface area contributed by atoms with Crippen LogP contribution in [0, 0.1) is 0 Å². The van der Waals surface area contributed by atoms with Crippen molar-refractivity contribution in [3.05, 3.63) is 107 Å². The molecular weight excluding hydrogens is 342 g/mol. The highest BCUT2D eigenvalue weighted by molar-refractivity contribution is 5.44. The van der Waals surface area contributed by atoms with E-state index < -0.39 is 6.10 Å². The molecule has 2 unspecified atom stereocenters. The van der Waals surface area contributed by atoms with Gasteiger partial charge in [-0.15, -0.1) is 0 Å². The fourth-order valence-electron chi connectivity index (χ4n) is 4.46. The van der Waals surface area contributed by atoms with Crippen LogP contribution in [0.5, 0.6) is 0 Å². The first-order valence-electron chi connectivity index (χ1n) is 10.4. The van der Waals surface area contributed by atoms with Gasteiger partial charge in [-0.3, -0.25) is 0 Å². The summed E-state index contributed by atoms with van der Waals surface area (Å²) in [6, 6.07) is 27.7. The lowest BCUT2D eigenvalue weighted by atomic mass is 9.85. The average Bonchev–Trinajstić information content (AvgIpc) is 2.91. The largest absolute Gasteiger partial charge is 0.387 e. The van der Waals surface area contributed by atoms with Crippen LogP contribution in [0.25, 0.3) is 0 Å². The van der Waals surface area contributed by atoms with Gasteiger partial charge in [-0.1, -0.05) is 78.9 Å². The topological polar surface area (TPSA) is 32.3 Å². The molecule has 2 nitrogen and oxygen atoms in total. The molecule has 0 aromatic heterocycles. The molecule has 4 rings (SSSR count). The van der Waals surface area contributed by atoms with Gasteiger partial charge in [0.05, 0.1) is 6.10 Å². The molecule has 3 aromatic carbocycles. The molecule has 1 aliphatic rings. The SMILES string of the molecule is CC(NCCC1c2ccccc2CCc2ccccc21)C(O)c1ccccc1.